The van der Waals surface area contributed by atoms with E-state index in [1.54, 1.807) is 64.2 Å². The van der Waals surface area contributed by atoms with E-state index in [0.29, 0.717) is 53.3 Å². The van der Waals surface area contributed by atoms with E-state index in [0.717, 1.165) is 11.8 Å². The number of aliphatic carboxylic acids is 1. The largest absolute Gasteiger partial charge is 0.508 e. The molecular formula is C76H108N20O20. The number of benzene rings is 3. The lowest BCUT2D eigenvalue weighted by molar-refractivity contribution is -0.142. The summed E-state index contributed by atoms with van der Waals surface area (Å²) in [7, 11) is 0. The molecule has 3 aromatic carbocycles. The molecule has 1 fully saturated rings. The van der Waals surface area contributed by atoms with E-state index < -0.39 is 213 Å². The van der Waals surface area contributed by atoms with Crippen molar-refractivity contribution in [2.75, 3.05) is 57.8 Å². The molecule has 40 heteroatoms. The van der Waals surface area contributed by atoms with Crippen LogP contribution in [0.2, 0.25) is 0 Å². The summed E-state index contributed by atoms with van der Waals surface area (Å²) in [5.41, 5.74) is 18.9. The number of aromatic hydroxyl groups is 1. The molecule has 1 aromatic heterocycles. The number of nitrogens with two attached hydrogens (primary N) is 3. The van der Waals surface area contributed by atoms with Crippen molar-refractivity contribution in [3.8, 4) is 5.75 Å². The number of aromatic nitrogens is 1. The van der Waals surface area contributed by atoms with Crippen LogP contribution >= 0.6 is 0 Å². The number of rotatable bonds is 46. The van der Waals surface area contributed by atoms with Crippen molar-refractivity contribution < 1.29 is 97.1 Å². The number of carboxylic acids is 1. The monoisotopic (exact) mass is 1620 g/mol. The molecule has 0 spiro atoms. The number of anilines is 1. The molecule has 0 saturated carbocycles. The number of guanidine groups is 1. The Hall–Kier alpha value is -12.3. The number of amides is 15. The standard InChI is InChI=1S/C76H108N20O20/c1-6-7-15-51(89-71(112)57(39-98)93-69(110)54(32-43-21-23-45(100)24-22-43)91-70(111)56(38-97)85-42(5)99)68(109)90-52(26-27-62(103)104)65(106)83-35-59-73(114)88-49-25-20-41(4)31-47(49)74(115)96(59)37-61(102)86-50(18-12-29-81-76(79)80)67(108)92-55(33-44-34-82-48-16-9-8-14-46(44)48)66(107)84-36-60(101)87-53(17-10-11-28-77)75(116)95-30-13-19-58(95)72(113)94-63(40(2)3)64(78)105/h8-9,14,16,20-25,31,34,40,50-59,63,82,97-98,100H,6-7,10-13,15,17-19,26-30,32-33,35-39,77H2,1-5H3,(H2,78,105)(H,83,106)(H,84,107)(H,85,99)(H,86,102)(H,87,101)(H,88,114)(H,89,112)(H,90,109)(H,91,111)(H,92,108)(H,93,110)(H,94,113)(H,103,104)(H4,79,80,81)/t50-,51-,52-,53-,54-,55-,56-,57-,58-,59?,63-/m0/s1. The molecule has 116 heavy (non-hydrogen) atoms. The van der Waals surface area contributed by atoms with Crippen LogP contribution in [0, 0.1) is 18.3 Å². The zero-order valence-corrected chi connectivity index (χ0v) is 65.4. The molecule has 0 radical (unpaired) electrons. The molecule has 3 heterocycles. The highest BCUT2D eigenvalue weighted by Crippen LogP contribution is 2.26. The second-order valence-electron chi connectivity index (χ2n) is 28.7. The molecule has 25 N–H and O–H groups in total. The maximum atomic E-state index is 14.9. The van der Waals surface area contributed by atoms with Crippen LogP contribution in [0.5, 0.6) is 5.75 Å². The molecule has 6 rings (SSSR count). The molecule has 0 bridgehead atoms. The molecular weight excluding hydrogens is 1510 g/mol. The number of carboxylic acid groups (broad SMARTS) is 1. The summed E-state index contributed by atoms with van der Waals surface area (Å²) in [4.78, 5) is 227. The Labute approximate surface area is 668 Å². The molecule has 4 aromatic rings. The summed E-state index contributed by atoms with van der Waals surface area (Å²) < 4.78 is 0. The van der Waals surface area contributed by atoms with E-state index >= 15 is 0 Å². The van der Waals surface area contributed by atoms with Crippen molar-refractivity contribution in [1.82, 2.24) is 78.6 Å². The number of unbranched alkanes of at least 4 members (excludes halogenated alkanes) is 2. The van der Waals surface area contributed by atoms with Crippen LogP contribution in [0.25, 0.3) is 10.9 Å². The molecule has 1 unspecified atom stereocenters. The Kier molecular flexibility index (Phi) is 36.3. The number of carbonyl (C=O) groups is 16. The Balaban J connectivity index is 1.23. The number of likely N-dealkylation sites (tertiary alicyclic amines) is 1. The zero-order valence-electron chi connectivity index (χ0n) is 65.4. The van der Waals surface area contributed by atoms with Gasteiger partial charge < -0.3 is 122 Å². The number of phenolic OH excluding ortho intramolecular Hbond substituents is 1. The van der Waals surface area contributed by atoms with Crippen molar-refractivity contribution in [3.05, 3.63) is 95.2 Å². The van der Waals surface area contributed by atoms with Crippen molar-refractivity contribution >= 4 is 117 Å². The SMILES string of the molecule is CCCC[C@H](NC(=O)[C@H](CO)NC(=O)[C@H](Cc1ccc(O)cc1)NC(=O)[C@H](CO)NC(C)=O)C(=O)N[C@@H](CCC(=O)O)C(=O)NCC1C(=O)Nc2ccc(C)cc2C(=O)N1CC(=O)N[C@@H](CCCNC(=N)N)C(=O)N[C@@H](Cc1c[nH]c2ccccc12)C(=O)NCC(=O)N[C@@H](CCCCN)C(=O)N1CCC[C@H]1C(=O)N[C@H](C(N)=O)C(C)C. The average molecular weight is 1620 g/mol. The molecule has 40 nitrogen and oxygen atoms in total. The van der Waals surface area contributed by atoms with Crippen LogP contribution < -0.4 is 86.3 Å². The van der Waals surface area contributed by atoms with E-state index in [1.165, 1.54) is 41.3 Å². The topological polar surface area (TPSA) is 635 Å². The lowest BCUT2D eigenvalue weighted by atomic mass is 10.0. The highest BCUT2D eigenvalue weighted by molar-refractivity contribution is 6.11. The number of para-hydroxylation sites is 1. The van der Waals surface area contributed by atoms with Gasteiger partial charge >= 0.3 is 5.97 Å². The van der Waals surface area contributed by atoms with Crippen LogP contribution in [-0.2, 0) is 84.8 Å². The minimum absolute atomic E-state index is 0.0139. The molecule has 1 saturated heterocycles. The summed E-state index contributed by atoms with van der Waals surface area (Å²) in [6.45, 7) is 3.65. The van der Waals surface area contributed by atoms with E-state index in [9.17, 15) is 97.1 Å². The van der Waals surface area contributed by atoms with Crippen molar-refractivity contribution in [1.29, 1.82) is 5.41 Å². The number of aryl methyl sites for hydroxylation is 1. The first kappa shape index (κ1) is 92.5. The number of aliphatic hydroxyl groups is 2. The Bertz CT molecular complexity index is 4200. The summed E-state index contributed by atoms with van der Waals surface area (Å²) in [6, 6.07) is 0.447. The first-order valence-corrected chi connectivity index (χ1v) is 38.3. The van der Waals surface area contributed by atoms with Gasteiger partial charge in [0, 0.05) is 62.9 Å². The van der Waals surface area contributed by atoms with E-state index in [2.05, 4.69) is 74.1 Å². The van der Waals surface area contributed by atoms with Crippen molar-refractivity contribution in [3.63, 3.8) is 0 Å². The number of hydrogen-bond acceptors (Lipinski definition) is 21. The average Bonchev–Trinajstić information content (AvgIpc) is 1.67. The van der Waals surface area contributed by atoms with Crippen LogP contribution in [0.15, 0.2) is 72.9 Å². The fourth-order valence-corrected chi connectivity index (χ4v) is 13.1. The normalized spacial score (nSPS) is 16.1. The highest BCUT2D eigenvalue weighted by Gasteiger charge is 2.42. The first-order valence-electron chi connectivity index (χ1n) is 38.3. The Morgan fingerprint density at radius 3 is 1.84 bits per heavy atom. The van der Waals surface area contributed by atoms with Gasteiger partial charge in [0.1, 0.15) is 78.8 Å². The Morgan fingerprint density at radius 2 is 1.22 bits per heavy atom. The lowest BCUT2D eigenvalue weighted by Gasteiger charge is -2.30. The number of aromatic amines is 1. The quantitative estimate of drug-likeness (QED) is 0.0113. The van der Waals surface area contributed by atoms with Gasteiger partial charge in [0.2, 0.25) is 82.7 Å². The third-order valence-corrected chi connectivity index (χ3v) is 19.3. The number of primary amides is 1. The van der Waals surface area contributed by atoms with Gasteiger partial charge in [0.15, 0.2) is 5.96 Å². The van der Waals surface area contributed by atoms with Gasteiger partial charge in [-0.25, -0.2) is 0 Å². The van der Waals surface area contributed by atoms with Crippen LogP contribution in [0.3, 0.4) is 0 Å². The first-order chi connectivity index (χ1) is 55.2. The van der Waals surface area contributed by atoms with Gasteiger partial charge in [-0.15, -0.1) is 0 Å². The van der Waals surface area contributed by atoms with Crippen LogP contribution in [0.1, 0.15) is 132 Å². The third kappa shape index (κ3) is 28.0. The molecule has 632 valence electrons. The number of carbonyl (C=O) groups excluding carboxylic acids is 15. The van der Waals surface area contributed by atoms with Gasteiger partial charge in [0.05, 0.1) is 31.0 Å². The zero-order chi connectivity index (χ0) is 85.5. The summed E-state index contributed by atoms with van der Waals surface area (Å²) in [5.74, 6) is -16.2. The van der Waals surface area contributed by atoms with Gasteiger partial charge in [-0.2, -0.15) is 0 Å². The van der Waals surface area contributed by atoms with Gasteiger partial charge in [-0.05, 0) is 119 Å². The fraction of sp³-hybridized carbons (Fsp3) is 0.513. The molecule has 2 aliphatic rings. The van der Waals surface area contributed by atoms with Crippen LogP contribution in [0.4, 0.5) is 5.69 Å². The fourth-order valence-electron chi connectivity index (χ4n) is 13.1. The van der Waals surface area contributed by atoms with Crippen molar-refractivity contribution in [2.45, 2.75) is 191 Å². The number of hydrogen-bond donors (Lipinski definition) is 22. The minimum atomic E-state index is -1.84. The van der Waals surface area contributed by atoms with Crippen molar-refractivity contribution in [2.24, 2.45) is 23.1 Å². The van der Waals surface area contributed by atoms with Gasteiger partial charge in [-0.3, -0.25) is 82.1 Å². The maximum Gasteiger partial charge on any atom is 0.303 e. The lowest BCUT2D eigenvalue weighted by Crippen LogP contribution is -2.61. The Morgan fingerprint density at radius 1 is 0.638 bits per heavy atom. The van der Waals surface area contributed by atoms with Gasteiger partial charge in [0.25, 0.3) is 5.91 Å². The number of nitrogens with one attached hydrogen (secondary N) is 15. The summed E-state index contributed by atoms with van der Waals surface area (Å²) in [5, 5.41) is 81.2. The smallest absolute Gasteiger partial charge is 0.303 e. The van der Waals surface area contributed by atoms with E-state index in [4.69, 9.17) is 22.6 Å². The molecule has 15 amide bonds. The number of phenols is 1. The molecule has 11 atom stereocenters. The maximum absolute atomic E-state index is 14.9. The predicted octanol–water partition coefficient (Wildman–Crippen LogP) is -4.39. The number of aliphatic hydroxyl groups excluding tert-OH is 2. The number of nitrogens with zero attached hydrogens (tertiary/aromatic N) is 2. The van der Waals surface area contributed by atoms with Crippen LogP contribution in [-0.4, -0.2) is 255 Å². The summed E-state index contributed by atoms with van der Waals surface area (Å²) in [6.07, 6.45) is 1.60. The third-order valence-electron chi connectivity index (χ3n) is 19.3. The van der Waals surface area contributed by atoms with E-state index in [1.807, 2.05) is 0 Å². The molecule has 2 aliphatic heterocycles. The van der Waals surface area contributed by atoms with Gasteiger partial charge in [-0.1, -0.05) is 75.6 Å². The second-order valence-corrected chi connectivity index (χ2v) is 28.7. The second kappa shape index (κ2) is 45.5. The summed E-state index contributed by atoms with van der Waals surface area (Å²) >= 11 is 0. The minimum Gasteiger partial charge on any atom is -0.508 e. The number of fused-ring (bicyclic) bond motifs is 2. The number of H-pyrrole nitrogens is 1. The highest BCUT2D eigenvalue weighted by atomic mass is 16.4. The predicted molar refractivity (Wildman–Crippen MR) is 419 cm³/mol. The molecule has 0 aliphatic carbocycles. The van der Waals surface area contributed by atoms with E-state index in [-0.39, 0.29) is 93.9 Å².